The van der Waals surface area contributed by atoms with Gasteiger partial charge in [-0.1, -0.05) is 69.3 Å². The third-order valence-electron chi connectivity index (χ3n) is 8.95. The van der Waals surface area contributed by atoms with Crippen molar-refractivity contribution in [2.24, 2.45) is 17.3 Å². The van der Waals surface area contributed by atoms with Crippen LogP contribution in [0.25, 0.3) is 11.3 Å². The van der Waals surface area contributed by atoms with Crippen molar-refractivity contribution in [3.63, 3.8) is 0 Å². The Bertz CT molecular complexity index is 1600. The molecule has 268 valence electrons. The maximum atomic E-state index is 14.8. The van der Waals surface area contributed by atoms with E-state index in [4.69, 9.17) is 18.9 Å². The molecule has 2 aliphatic rings. The van der Waals surface area contributed by atoms with Crippen LogP contribution in [-0.4, -0.2) is 84.5 Å². The molecule has 3 N–H and O–H groups in total. The molecule has 3 aromatic rings. The molecule has 0 aliphatic carbocycles. The number of fused-ring (bicyclic) bond motifs is 1. The van der Waals surface area contributed by atoms with Crippen molar-refractivity contribution in [1.82, 2.24) is 20.7 Å². The minimum Gasteiger partial charge on any atom is -0.468 e. The Kier molecular flexibility index (Phi) is 12.2. The largest absolute Gasteiger partial charge is 0.468 e. The van der Waals surface area contributed by atoms with Crippen molar-refractivity contribution < 1.29 is 42.8 Å². The molecule has 2 fully saturated rings. The number of aliphatic hydroxyl groups is 1. The van der Waals surface area contributed by atoms with Gasteiger partial charge in [-0.2, -0.15) is 0 Å². The molecule has 0 spiro atoms. The van der Waals surface area contributed by atoms with E-state index in [9.17, 15) is 23.9 Å². The standard InChI is InChI=1S/C37H45FN4O8/c1-37(2,3)32(34(45)47-4)33(44)40-29(19-23-12-14-24(15-13-23)28-11-7-8-17-39-28)30(43)21-42(20-25-9-5-6-10-27(25)38)41-36(46)50-31-22-49-35-26(31)16-18-48-35/h5-15,17,26,29-32,35,43H,16,18-22H2,1-4H3,(H,40,44)(H,41,46). The first-order chi connectivity index (χ1) is 23.9. The Morgan fingerprint density at radius 1 is 1.06 bits per heavy atom. The Morgan fingerprint density at radius 3 is 2.48 bits per heavy atom. The molecule has 0 radical (unpaired) electrons. The molecule has 2 aliphatic heterocycles. The molecule has 13 heteroatoms. The van der Waals surface area contributed by atoms with E-state index in [0.717, 1.165) is 16.8 Å². The maximum Gasteiger partial charge on any atom is 0.422 e. The number of hydrazine groups is 1. The molecule has 6 atom stereocenters. The van der Waals surface area contributed by atoms with Crippen LogP contribution in [0.3, 0.4) is 0 Å². The van der Waals surface area contributed by atoms with E-state index in [1.807, 2.05) is 42.5 Å². The number of carbonyl (C=O) groups is 3. The molecule has 0 saturated carbocycles. The van der Waals surface area contributed by atoms with Crippen molar-refractivity contribution in [2.45, 2.75) is 64.7 Å². The van der Waals surface area contributed by atoms with Crippen LogP contribution in [0.15, 0.2) is 72.9 Å². The van der Waals surface area contributed by atoms with Crippen LogP contribution >= 0.6 is 0 Å². The molecule has 2 saturated heterocycles. The van der Waals surface area contributed by atoms with E-state index in [0.29, 0.717) is 13.0 Å². The average Bonchev–Trinajstić information content (AvgIpc) is 3.71. The van der Waals surface area contributed by atoms with Crippen molar-refractivity contribution in [3.05, 3.63) is 89.9 Å². The summed E-state index contributed by atoms with van der Waals surface area (Å²) in [4.78, 5) is 44.0. The fraction of sp³-hybridized carbons (Fsp3) is 0.459. The lowest BCUT2D eigenvalue weighted by molar-refractivity contribution is -0.155. The highest BCUT2D eigenvalue weighted by Crippen LogP contribution is 2.33. The number of aromatic nitrogens is 1. The molecule has 0 bridgehead atoms. The Labute approximate surface area is 291 Å². The summed E-state index contributed by atoms with van der Waals surface area (Å²) in [5, 5.41) is 16.0. The number of rotatable bonds is 13. The van der Waals surface area contributed by atoms with Gasteiger partial charge in [0.25, 0.3) is 0 Å². The molecular weight excluding hydrogens is 647 g/mol. The average molecular weight is 693 g/mol. The van der Waals surface area contributed by atoms with Gasteiger partial charge in [0.1, 0.15) is 17.8 Å². The fourth-order valence-electron chi connectivity index (χ4n) is 6.30. The van der Waals surface area contributed by atoms with Crippen LogP contribution in [0.5, 0.6) is 0 Å². The van der Waals surface area contributed by atoms with Crippen LogP contribution in [-0.2, 0) is 41.5 Å². The molecule has 6 unspecified atom stereocenters. The molecule has 50 heavy (non-hydrogen) atoms. The van der Waals surface area contributed by atoms with Crippen LogP contribution in [0.2, 0.25) is 0 Å². The number of ether oxygens (including phenoxy) is 4. The van der Waals surface area contributed by atoms with Crippen molar-refractivity contribution in [3.8, 4) is 11.3 Å². The van der Waals surface area contributed by atoms with E-state index in [1.54, 1.807) is 45.2 Å². The normalized spacial score (nSPS) is 20.4. The number of nitrogens with zero attached hydrogens (tertiary/aromatic N) is 2. The Balaban J connectivity index is 1.37. The second-order valence-electron chi connectivity index (χ2n) is 13.7. The molecule has 2 aromatic carbocycles. The van der Waals surface area contributed by atoms with E-state index >= 15 is 0 Å². The summed E-state index contributed by atoms with van der Waals surface area (Å²) >= 11 is 0. The Morgan fingerprint density at radius 2 is 1.80 bits per heavy atom. The summed E-state index contributed by atoms with van der Waals surface area (Å²) in [5.41, 5.74) is 4.57. The molecule has 3 heterocycles. The van der Waals surface area contributed by atoms with Gasteiger partial charge >= 0.3 is 12.1 Å². The smallest absolute Gasteiger partial charge is 0.422 e. The van der Waals surface area contributed by atoms with Gasteiger partial charge in [-0.15, -0.1) is 0 Å². The van der Waals surface area contributed by atoms with Crippen molar-refractivity contribution in [1.29, 1.82) is 0 Å². The number of halogens is 1. The number of aliphatic hydroxyl groups excluding tert-OH is 1. The zero-order valence-corrected chi connectivity index (χ0v) is 28.7. The number of pyridine rings is 1. The number of hydrogen-bond donors (Lipinski definition) is 3. The lowest BCUT2D eigenvalue weighted by Crippen LogP contribution is -2.55. The highest BCUT2D eigenvalue weighted by atomic mass is 19.1. The van der Waals surface area contributed by atoms with Crippen molar-refractivity contribution in [2.75, 3.05) is 26.9 Å². The Hall–Kier alpha value is -4.43. The van der Waals surface area contributed by atoms with Gasteiger partial charge in [0.15, 0.2) is 6.29 Å². The van der Waals surface area contributed by atoms with E-state index in [-0.39, 0.29) is 37.6 Å². The summed E-state index contributed by atoms with van der Waals surface area (Å²) in [7, 11) is 1.22. The van der Waals surface area contributed by atoms with Gasteiger partial charge in [0.05, 0.1) is 44.1 Å². The summed E-state index contributed by atoms with van der Waals surface area (Å²) < 4.78 is 36.6. The first kappa shape index (κ1) is 36.8. The lowest BCUT2D eigenvalue weighted by Gasteiger charge is -2.33. The number of methoxy groups -OCH3 is 1. The zero-order chi connectivity index (χ0) is 35.8. The van der Waals surface area contributed by atoms with E-state index in [2.05, 4.69) is 15.7 Å². The first-order valence-electron chi connectivity index (χ1n) is 16.7. The van der Waals surface area contributed by atoms with E-state index < -0.39 is 59.7 Å². The summed E-state index contributed by atoms with van der Waals surface area (Å²) in [6.07, 6.45) is -0.526. The van der Waals surface area contributed by atoms with Gasteiger partial charge in [-0.3, -0.25) is 20.0 Å². The highest BCUT2D eigenvalue weighted by molar-refractivity contribution is 5.98. The maximum absolute atomic E-state index is 14.8. The van der Waals surface area contributed by atoms with Gasteiger partial charge < -0.3 is 29.4 Å². The third kappa shape index (κ3) is 9.42. The van der Waals surface area contributed by atoms with Gasteiger partial charge in [-0.25, -0.2) is 14.2 Å². The number of benzene rings is 2. The minimum absolute atomic E-state index is 0.0967. The molecule has 1 aromatic heterocycles. The monoisotopic (exact) mass is 692 g/mol. The predicted molar refractivity (Wildman–Crippen MR) is 180 cm³/mol. The van der Waals surface area contributed by atoms with Gasteiger partial charge in [-0.05, 0) is 42.0 Å². The second kappa shape index (κ2) is 16.5. The quantitative estimate of drug-likeness (QED) is 0.136. The molecule has 2 amide bonds. The number of esters is 1. The summed E-state index contributed by atoms with van der Waals surface area (Å²) in [6.45, 7) is 5.57. The summed E-state index contributed by atoms with van der Waals surface area (Å²) in [6, 6.07) is 18.3. The van der Waals surface area contributed by atoms with E-state index in [1.165, 1.54) is 18.2 Å². The second-order valence-corrected chi connectivity index (χ2v) is 13.7. The van der Waals surface area contributed by atoms with Crippen LogP contribution < -0.4 is 10.7 Å². The predicted octanol–water partition coefficient (Wildman–Crippen LogP) is 4.02. The molecule has 5 rings (SSSR count). The summed E-state index contributed by atoms with van der Waals surface area (Å²) in [5.74, 6) is -3.10. The first-order valence-corrected chi connectivity index (χ1v) is 16.7. The van der Waals surface area contributed by atoms with Gasteiger partial charge in [0, 0.05) is 30.4 Å². The van der Waals surface area contributed by atoms with Gasteiger partial charge in [0.2, 0.25) is 5.91 Å². The fourth-order valence-corrected chi connectivity index (χ4v) is 6.30. The molecular formula is C37H45FN4O8. The van der Waals surface area contributed by atoms with Crippen LogP contribution in [0.1, 0.15) is 38.3 Å². The van der Waals surface area contributed by atoms with Crippen molar-refractivity contribution >= 4 is 18.0 Å². The SMILES string of the molecule is COC(=O)C(C(=O)NC(Cc1ccc(-c2ccccn2)cc1)C(O)CN(Cc1ccccc1F)NC(=O)OC1COC2OCCC12)C(C)(C)C. The third-order valence-corrected chi connectivity index (χ3v) is 8.95. The molecule has 12 nitrogen and oxygen atoms in total. The van der Waals surface area contributed by atoms with Crippen LogP contribution in [0, 0.1) is 23.1 Å². The topological polar surface area (TPSA) is 149 Å². The highest BCUT2D eigenvalue weighted by Gasteiger charge is 2.44. The zero-order valence-electron chi connectivity index (χ0n) is 28.7. The number of nitrogens with one attached hydrogen (secondary N) is 2. The number of carbonyl (C=O) groups excluding carboxylic acids is 3. The number of amides is 2. The van der Waals surface area contributed by atoms with Crippen LogP contribution in [0.4, 0.5) is 9.18 Å². The lowest BCUT2D eigenvalue weighted by atomic mass is 9.80. The minimum atomic E-state index is -1.32. The number of hydrogen-bond acceptors (Lipinski definition) is 10.